The van der Waals surface area contributed by atoms with Gasteiger partial charge in [0.1, 0.15) is 10.6 Å². The summed E-state index contributed by atoms with van der Waals surface area (Å²) < 4.78 is 7.36. The van der Waals surface area contributed by atoms with Gasteiger partial charge >= 0.3 is 5.97 Å². The molecule has 1 saturated carbocycles. The van der Waals surface area contributed by atoms with E-state index in [0.717, 1.165) is 45.9 Å². The molecule has 3 N–H and O–H groups in total. The highest BCUT2D eigenvalue weighted by Crippen LogP contribution is 2.46. The Labute approximate surface area is 191 Å². The lowest BCUT2D eigenvalue weighted by atomic mass is 9.95. The number of imidazole rings is 1. The molecule has 32 heavy (non-hydrogen) atoms. The maximum Gasteiger partial charge on any atom is 0.343 e. The fourth-order valence-corrected chi connectivity index (χ4v) is 6.37. The van der Waals surface area contributed by atoms with Gasteiger partial charge in [0.25, 0.3) is 0 Å². The molecule has 5 rings (SSSR count). The number of aliphatic hydroxyl groups excluding tert-OH is 1. The first-order valence-corrected chi connectivity index (χ1v) is 12.3. The molecule has 1 aromatic carbocycles. The Bertz CT molecular complexity index is 1130. The minimum Gasteiger partial charge on any atom is -0.465 e. The van der Waals surface area contributed by atoms with Crippen LogP contribution in [0.15, 0.2) is 24.5 Å². The maximum atomic E-state index is 12.6. The van der Waals surface area contributed by atoms with Crippen LogP contribution in [0.25, 0.3) is 21.5 Å². The topological polar surface area (TPSA) is 93.6 Å². The van der Waals surface area contributed by atoms with Gasteiger partial charge in [-0.25, -0.2) is 9.78 Å². The summed E-state index contributed by atoms with van der Waals surface area (Å²) in [7, 11) is 1.37. The highest BCUT2D eigenvalue weighted by atomic mass is 32.1. The zero-order valence-electron chi connectivity index (χ0n) is 18.4. The zero-order valence-corrected chi connectivity index (χ0v) is 19.2. The average molecular weight is 455 g/mol. The van der Waals surface area contributed by atoms with Gasteiger partial charge in [-0.3, -0.25) is 0 Å². The predicted molar refractivity (Wildman–Crippen MR) is 128 cm³/mol. The van der Waals surface area contributed by atoms with Crippen LogP contribution in [-0.4, -0.2) is 46.9 Å². The molecule has 1 aliphatic carbocycles. The van der Waals surface area contributed by atoms with E-state index in [1.54, 1.807) is 0 Å². The van der Waals surface area contributed by atoms with Crippen molar-refractivity contribution in [1.82, 2.24) is 9.55 Å². The van der Waals surface area contributed by atoms with Crippen molar-refractivity contribution in [3.05, 3.63) is 30.1 Å². The Morgan fingerprint density at radius 1 is 1.22 bits per heavy atom. The van der Waals surface area contributed by atoms with Gasteiger partial charge in [-0.1, -0.05) is 25.3 Å². The first-order valence-electron chi connectivity index (χ1n) is 11.5. The van der Waals surface area contributed by atoms with E-state index in [4.69, 9.17) is 10.5 Å². The lowest BCUT2D eigenvalue weighted by molar-refractivity contribution is 0.0602. The largest absolute Gasteiger partial charge is 0.465 e. The molecule has 170 valence electrons. The molecule has 3 heterocycles. The highest BCUT2D eigenvalue weighted by Gasteiger charge is 2.29. The molecule has 7 nitrogen and oxygen atoms in total. The molecule has 1 aliphatic heterocycles. The van der Waals surface area contributed by atoms with Gasteiger partial charge in [0, 0.05) is 19.1 Å². The van der Waals surface area contributed by atoms with Crippen LogP contribution in [0.3, 0.4) is 0 Å². The first kappa shape index (κ1) is 21.3. The number of nitrogen functional groups attached to an aromatic ring is 1. The van der Waals surface area contributed by atoms with E-state index in [9.17, 15) is 9.90 Å². The quantitative estimate of drug-likeness (QED) is 0.560. The van der Waals surface area contributed by atoms with E-state index in [-0.39, 0.29) is 0 Å². The van der Waals surface area contributed by atoms with E-state index in [0.29, 0.717) is 23.8 Å². The molecule has 0 radical (unpaired) electrons. The summed E-state index contributed by atoms with van der Waals surface area (Å²) in [4.78, 5) is 20.2. The van der Waals surface area contributed by atoms with Crippen LogP contribution in [0.1, 0.15) is 61.3 Å². The standard InChI is InChI=1S/C24H30N4O3S/c1-31-24(30)20-21(25)22(32-23(20)27-11-5-8-17(29)13-27)15-9-10-19-18(12-15)26-14-28(19)16-6-3-2-4-7-16/h9-10,12,14,16-17,29H,2-8,11,13,25H2,1H3. The normalized spacial score (nSPS) is 20.1. The van der Waals surface area contributed by atoms with Crippen molar-refractivity contribution in [2.24, 2.45) is 0 Å². The van der Waals surface area contributed by atoms with E-state index in [2.05, 4.69) is 32.7 Å². The first-order chi connectivity index (χ1) is 15.6. The van der Waals surface area contributed by atoms with Gasteiger partial charge in [0.15, 0.2) is 0 Å². The minimum absolute atomic E-state index is 0.398. The summed E-state index contributed by atoms with van der Waals surface area (Å²) >= 11 is 1.49. The molecule has 8 heteroatoms. The van der Waals surface area contributed by atoms with E-state index in [1.807, 2.05) is 6.33 Å². The number of nitrogens with zero attached hydrogens (tertiary/aromatic N) is 3. The van der Waals surface area contributed by atoms with Crippen molar-refractivity contribution in [2.45, 2.75) is 57.1 Å². The van der Waals surface area contributed by atoms with Crippen molar-refractivity contribution in [1.29, 1.82) is 0 Å². The lowest BCUT2D eigenvalue weighted by Gasteiger charge is -2.31. The van der Waals surface area contributed by atoms with Crippen LogP contribution in [0.2, 0.25) is 0 Å². The molecule has 2 aromatic heterocycles. The molecule has 3 aromatic rings. The third-order valence-corrected chi connectivity index (χ3v) is 8.12. The van der Waals surface area contributed by atoms with E-state index < -0.39 is 12.1 Å². The van der Waals surface area contributed by atoms with Gasteiger partial charge < -0.3 is 25.0 Å². The third-order valence-electron chi connectivity index (χ3n) is 6.80. The molecule has 2 fully saturated rings. The Morgan fingerprint density at radius 2 is 2.03 bits per heavy atom. The molecule has 1 unspecified atom stereocenters. The second-order valence-corrected chi connectivity index (χ2v) is 9.90. The monoisotopic (exact) mass is 454 g/mol. The van der Waals surface area contributed by atoms with Crippen LogP contribution in [0.4, 0.5) is 10.7 Å². The highest BCUT2D eigenvalue weighted by molar-refractivity contribution is 7.20. The SMILES string of the molecule is COC(=O)c1c(N2CCCC(O)C2)sc(-c2ccc3c(c2)ncn3C2CCCCC2)c1N. The number of carbonyl (C=O) groups excluding carboxylic acids is 1. The van der Waals surface area contributed by atoms with Crippen molar-refractivity contribution in [3.8, 4) is 10.4 Å². The second-order valence-electron chi connectivity index (χ2n) is 8.91. The summed E-state index contributed by atoms with van der Waals surface area (Å²) in [5.41, 5.74) is 10.4. The molecular weight excluding hydrogens is 424 g/mol. The molecule has 0 spiro atoms. The number of rotatable bonds is 4. The smallest absolute Gasteiger partial charge is 0.343 e. The van der Waals surface area contributed by atoms with Crippen molar-refractivity contribution in [3.63, 3.8) is 0 Å². The van der Waals surface area contributed by atoms with Crippen molar-refractivity contribution < 1.29 is 14.6 Å². The van der Waals surface area contributed by atoms with Gasteiger partial charge in [-0.05, 0) is 43.4 Å². The molecular formula is C24H30N4O3S. The second kappa shape index (κ2) is 8.75. The molecule has 0 bridgehead atoms. The Morgan fingerprint density at radius 3 is 2.78 bits per heavy atom. The maximum absolute atomic E-state index is 12.6. The number of hydrogen-bond donors (Lipinski definition) is 2. The van der Waals surface area contributed by atoms with Gasteiger partial charge in [0.05, 0.1) is 41.1 Å². The number of aromatic nitrogens is 2. The van der Waals surface area contributed by atoms with Crippen LogP contribution in [0.5, 0.6) is 0 Å². The van der Waals surface area contributed by atoms with Gasteiger partial charge in [0.2, 0.25) is 0 Å². The third kappa shape index (κ3) is 3.75. The number of aliphatic hydroxyl groups is 1. The van der Waals surface area contributed by atoms with E-state index in [1.165, 1.54) is 50.6 Å². The fourth-order valence-electron chi connectivity index (χ4n) is 5.13. The number of carbonyl (C=O) groups is 1. The Balaban J connectivity index is 1.54. The van der Waals surface area contributed by atoms with Gasteiger partial charge in [-0.2, -0.15) is 0 Å². The number of β-amino-alcohol motifs (C(OH)–C–C–N with tert-alkyl or cyclic N) is 1. The van der Waals surface area contributed by atoms with Crippen LogP contribution in [0, 0.1) is 0 Å². The number of esters is 1. The summed E-state index contributed by atoms with van der Waals surface area (Å²) in [6, 6.07) is 6.77. The number of thiophene rings is 1. The summed E-state index contributed by atoms with van der Waals surface area (Å²) in [6.07, 6.45) is 9.50. The minimum atomic E-state index is -0.442. The molecule has 0 amide bonds. The fraction of sp³-hybridized carbons (Fsp3) is 0.500. The Kier molecular flexibility index (Phi) is 5.82. The predicted octanol–water partition coefficient (Wildman–Crippen LogP) is 4.60. The summed E-state index contributed by atoms with van der Waals surface area (Å²) in [6.45, 7) is 1.28. The van der Waals surface area contributed by atoms with Crippen LogP contribution < -0.4 is 10.6 Å². The average Bonchev–Trinajstić information content (AvgIpc) is 3.40. The number of nitrogens with two attached hydrogens (primary N) is 1. The number of benzene rings is 1. The summed E-state index contributed by atoms with van der Waals surface area (Å²) in [5, 5.41) is 10.9. The number of anilines is 2. The molecule has 2 aliphatic rings. The molecule has 1 saturated heterocycles. The van der Waals surface area contributed by atoms with Crippen LogP contribution in [-0.2, 0) is 4.74 Å². The van der Waals surface area contributed by atoms with Crippen molar-refractivity contribution >= 4 is 39.0 Å². The van der Waals surface area contributed by atoms with Crippen LogP contribution >= 0.6 is 11.3 Å². The molecule has 1 atom stereocenters. The number of methoxy groups -OCH3 is 1. The summed E-state index contributed by atoms with van der Waals surface area (Å²) in [5.74, 6) is -0.442. The number of piperidine rings is 1. The zero-order chi connectivity index (χ0) is 22.2. The lowest BCUT2D eigenvalue weighted by Crippen LogP contribution is -2.38. The van der Waals surface area contributed by atoms with Gasteiger partial charge in [-0.15, -0.1) is 11.3 Å². The number of hydrogen-bond acceptors (Lipinski definition) is 7. The Hall–Kier alpha value is -2.58. The number of ether oxygens (including phenoxy) is 1. The van der Waals surface area contributed by atoms with Crippen molar-refractivity contribution in [2.75, 3.05) is 30.8 Å². The van der Waals surface area contributed by atoms with E-state index >= 15 is 0 Å². The number of fused-ring (bicyclic) bond motifs is 1.